The van der Waals surface area contributed by atoms with Crippen LogP contribution >= 0.6 is 11.8 Å². The molecular formula is C22H26N4OS. The lowest BCUT2D eigenvalue weighted by Gasteiger charge is -2.19. The fourth-order valence-corrected chi connectivity index (χ4v) is 3.70. The van der Waals surface area contributed by atoms with Gasteiger partial charge in [-0.05, 0) is 43.2 Å². The van der Waals surface area contributed by atoms with Crippen molar-refractivity contribution in [2.24, 2.45) is 5.73 Å². The number of nitrogens with one attached hydrogen (secondary N) is 2. The molecule has 0 aliphatic carbocycles. The Morgan fingerprint density at radius 3 is 2.46 bits per heavy atom. The van der Waals surface area contributed by atoms with Crippen molar-refractivity contribution in [2.75, 3.05) is 0 Å². The number of aryl methyl sites for hydroxylation is 1. The van der Waals surface area contributed by atoms with Crippen molar-refractivity contribution in [3.8, 4) is 17.2 Å². The van der Waals surface area contributed by atoms with Crippen molar-refractivity contribution in [3.05, 3.63) is 53.1 Å². The lowest BCUT2D eigenvalue weighted by atomic mass is 9.96. The molecule has 2 aromatic rings. The first kappa shape index (κ1) is 21.7. The summed E-state index contributed by atoms with van der Waals surface area (Å²) in [7, 11) is 0. The predicted octanol–water partition coefficient (Wildman–Crippen LogP) is 5.09. The number of hydrogen-bond donors (Lipinski definition) is 3. The second-order valence-electron chi connectivity index (χ2n) is 7.68. The van der Waals surface area contributed by atoms with Gasteiger partial charge in [-0.15, -0.1) is 11.8 Å². The van der Waals surface area contributed by atoms with Gasteiger partial charge in [0.2, 0.25) is 11.8 Å². The summed E-state index contributed by atoms with van der Waals surface area (Å²) in [5.41, 5.74) is 9.38. The van der Waals surface area contributed by atoms with Crippen LogP contribution in [0.1, 0.15) is 44.4 Å². The molecule has 28 heavy (non-hydrogen) atoms. The SMILES string of the molecule is Cc1cc(C(=N)OC(=N)C(C)N)cc(-c2cccc(SC(C)(C)C)c2C#N)c1. The Morgan fingerprint density at radius 1 is 1.21 bits per heavy atom. The van der Waals surface area contributed by atoms with E-state index in [9.17, 15) is 5.26 Å². The molecule has 1 atom stereocenters. The highest BCUT2D eigenvalue weighted by molar-refractivity contribution is 8.00. The number of nitrogens with two attached hydrogens (primary N) is 1. The molecule has 2 aromatic carbocycles. The van der Waals surface area contributed by atoms with Crippen LogP contribution in [0.3, 0.4) is 0 Å². The van der Waals surface area contributed by atoms with Gasteiger partial charge in [0.15, 0.2) is 0 Å². The normalized spacial score (nSPS) is 12.2. The van der Waals surface area contributed by atoms with E-state index in [1.54, 1.807) is 18.7 Å². The fourth-order valence-electron chi connectivity index (χ4n) is 2.63. The minimum atomic E-state index is -0.582. The molecule has 0 amide bonds. The van der Waals surface area contributed by atoms with E-state index >= 15 is 0 Å². The topological polar surface area (TPSA) is 107 Å². The zero-order chi connectivity index (χ0) is 21.1. The maximum absolute atomic E-state index is 9.81. The third kappa shape index (κ3) is 5.44. The summed E-state index contributed by atoms with van der Waals surface area (Å²) in [6.45, 7) is 9.90. The average Bonchev–Trinajstić information content (AvgIpc) is 2.59. The Balaban J connectivity index is 2.51. The zero-order valence-corrected chi connectivity index (χ0v) is 17.7. The van der Waals surface area contributed by atoms with E-state index in [1.807, 2.05) is 43.3 Å². The summed E-state index contributed by atoms with van der Waals surface area (Å²) < 4.78 is 5.25. The van der Waals surface area contributed by atoms with Gasteiger partial charge in [0.25, 0.3) is 0 Å². The summed E-state index contributed by atoms with van der Waals surface area (Å²) in [6.07, 6.45) is 0. The van der Waals surface area contributed by atoms with Crippen LogP contribution in [0, 0.1) is 29.1 Å². The highest BCUT2D eigenvalue weighted by Crippen LogP contribution is 2.38. The van der Waals surface area contributed by atoms with Crippen molar-refractivity contribution >= 4 is 23.6 Å². The second kappa shape index (κ2) is 8.59. The van der Waals surface area contributed by atoms with Crippen LogP contribution in [0.5, 0.6) is 0 Å². The molecule has 0 saturated carbocycles. The van der Waals surface area contributed by atoms with E-state index in [2.05, 4.69) is 26.8 Å². The van der Waals surface area contributed by atoms with Crippen molar-refractivity contribution in [3.63, 3.8) is 0 Å². The average molecular weight is 395 g/mol. The van der Waals surface area contributed by atoms with Gasteiger partial charge >= 0.3 is 0 Å². The quantitative estimate of drug-likeness (QED) is 0.381. The van der Waals surface area contributed by atoms with Gasteiger partial charge in [-0.3, -0.25) is 10.8 Å². The molecule has 2 rings (SSSR count). The number of nitriles is 1. The van der Waals surface area contributed by atoms with E-state index < -0.39 is 6.04 Å². The lowest BCUT2D eigenvalue weighted by molar-refractivity contribution is 0.506. The molecule has 0 heterocycles. The number of nitrogens with zero attached hydrogens (tertiary/aromatic N) is 1. The highest BCUT2D eigenvalue weighted by atomic mass is 32.2. The van der Waals surface area contributed by atoms with Crippen molar-refractivity contribution in [1.29, 1.82) is 16.1 Å². The van der Waals surface area contributed by atoms with Crippen molar-refractivity contribution in [1.82, 2.24) is 0 Å². The summed E-state index contributed by atoms with van der Waals surface area (Å²) in [4.78, 5) is 0.931. The second-order valence-corrected chi connectivity index (χ2v) is 9.55. The Bertz CT molecular complexity index is 952. The van der Waals surface area contributed by atoms with Crippen LogP contribution in [-0.4, -0.2) is 22.6 Å². The summed E-state index contributed by atoms with van der Waals surface area (Å²) >= 11 is 1.66. The Labute approximate surface area is 170 Å². The van der Waals surface area contributed by atoms with Crippen LogP contribution in [0.2, 0.25) is 0 Å². The van der Waals surface area contributed by atoms with Crippen LogP contribution in [0.15, 0.2) is 41.3 Å². The molecule has 6 heteroatoms. The molecule has 0 aliphatic heterocycles. The van der Waals surface area contributed by atoms with E-state index in [0.29, 0.717) is 11.1 Å². The highest BCUT2D eigenvalue weighted by Gasteiger charge is 2.18. The number of benzene rings is 2. The number of ether oxygens (including phenoxy) is 1. The molecule has 5 nitrogen and oxygen atoms in total. The van der Waals surface area contributed by atoms with Gasteiger partial charge < -0.3 is 10.5 Å². The van der Waals surface area contributed by atoms with Gasteiger partial charge in [0.05, 0.1) is 11.6 Å². The molecule has 0 spiro atoms. The maximum atomic E-state index is 9.81. The van der Waals surface area contributed by atoms with Crippen LogP contribution in [0.4, 0.5) is 0 Å². The van der Waals surface area contributed by atoms with E-state index in [1.165, 1.54) is 0 Å². The first-order valence-corrected chi connectivity index (χ1v) is 9.78. The van der Waals surface area contributed by atoms with E-state index in [0.717, 1.165) is 21.6 Å². The molecule has 0 radical (unpaired) electrons. The molecular weight excluding hydrogens is 368 g/mol. The monoisotopic (exact) mass is 394 g/mol. The standard InChI is InChI=1S/C22H26N4OS/c1-13-9-15(11-16(10-13)21(26)27-20(25)14(2)24)17-7-6-8-19(18(17)12-23)28-22(3,4)5/h6-11,14,25-26H,24H2,1-5H3. The molecule has 0 fully saturated rings. The van der Waals surface area contributed by atoms with Gasteiger partial charge in [0.1, 0.15) is 6.07 Å². The van der Waals surface area contributed by atoms with Gasteiger partial charge in [0, 0.05) is 20.8 Å². The van der Waals surface area contributed by atoms with Gasteiger partial charge in [-0.25, -0.2) is 0 Å². The lowest BCUT2D eigenvalue weighted by Crippen LogP contribution is -2.30. The summed E-state index contributed by atoms with van der Waals surface area (Å²) in [5, 5.41) is 25.7. The van der Waals surface area contributed by atoms with Crippen molar-refractivity contribution < 1.29 is 4.74 Å². The minimum absolute atomic E-state index is 0.0166. The first-order chi connectivity index (χ1) is 13.0. The maximum Gasteiger partial charge on any atom is 0.220 e. The number of thioether (sulfide) groups is 1. The predicted molar refractivity (Wildman–Crippen MR) is 116 cm³/mol. The van der Waals surface area contributed by atoms with Crippen LogP contribution in [-0.2, 0) is 4.74 Å². The first-order valence-electron chi connectivity index (χ1n) is 8.97. The molecule has 146 valence electrons. The van der Waals surface area contributed by atoms with Crippen LogP contribution < -0.4 is 5.73 Å². The summed E-state index contributed by atoms with van der Waals surface area (Å²) in [6, 6.07) is 13.2. The van der Waals surface area contributed by atoms with E-state index in [-0.39, 0.29) is 16.5 Å². The molecule has 4 N–H and O–H groups in total. The minimum Gasteiger partial charge on any atom is -0.424 e. The molecule has 0 saturated heterocycles. The fraction of sp³-hybridized carbons (Fsp3) is 0.318. The number of rotatable bonds is 4. The largest absolute Gasteiger partial charge is 0.424 e. The Morgan fingerprint density at radius 2 is 1.89 bits per heavy atom. The Kier molecular flexibility index (Phi) is 6.65. The summed E-state index contributed by atoms with van der Waals surface area (Å²) in [5.74, 6) is -0.291. The van der Waals surface area contributed by atoms with Gasteiger partial charge in [-0.1, -0.05) is 39.0 Å². The number of hydrogen-bond acceptors (Lipinski definition) is 6. The molecule has 1 unspecified atom stereocenters. The third-order valence-electron chi connectivity index (χ3n) is 3.83. The van der Waals surface area contributed by atoms with E-state index in [4.69, 9.17) is 21.3 Å². The van der Waals surface area contributed by atoms with Crippen molar-refractivity contribution in [2.45, 2.75) is 50.3 Å². The Hall–Kier alpha value is -2.62. The van der Waals surface area contributed by atoms with Crippen LogP contribution in [0.25, 0.3) is 11.1 Å². The molecule has 0 aliphatic rings. The zero-order valence-electron chi connectivity index (χ0n) is 16.9. The smallest absolute Gasteiger partial charge is 0.220 e. The van der Waals surface area contributed by atoms with Gasteiger partial charge in [-0.2, -0.15) is 5.26 Å². The third-order valence-corrected chi connectivity index (χ3v) is 5.00. The molecule has 0 bridgehead atoms. The molecule has 0 aromatic heterocycles.